The number of para-hydroxylation sites is 1. The second-order valence-corrected chi connectivity index (χ2v) is 4.98. The molecule has 4 nitrogen and oxygen atoms in total. The molecule has 3 aromatic rings. The van der Waals surface area contributed by atoms with Crippen molar-refractivity contribution in [3.8, 4) is 11.5 Å². The zero-order valence-electron chi connectivity index (χ0n) is 12.0. The lowest BCUT2D eigenvalue weighted by Gasteiger charge is -2.10. The van der Waals surface area contributed by atoms with Crippen molar-refractivity contribution in [3.63, 3.8) is 0 Å². The molecule has 0 saturated heterocycles. The monoisotopic (exact) mass is 333 g/mol. The summed E-state index contributed by atoms with van der Waals surface area (Å²) in [5, 5.41) is 9.53. The highest BCUT2D eigenvalue weighted by atomic mass is 19.4. The molecule has 7 heteroatoms. The van der Waals surface area contributed by atoms with Crippen LogP contribution in [-0.2, 0) is 6.18 Å². The van der Waals surface area contributed by atoms with Crippen molar-refractivity contribution in [2.45, 2.75) is 6.18 Å². The van der Waals surface area contributed by atoms with Crippen LogP contribution >= 0.6 is 0 Å². The Morgan fingerprint density at radius 1 is 1.08 bits per heavy atom. The molecule has 1 N–H and O–H groups in total. The summed E-state index contributed by atoms with van der Waals surface area (Å²) in [7, 11) is 0. The first kappa shape index (κ1) is 15.8. The molecule has 0 saturated carbocycles. The highest BCUT2D eigenvalue weighted by Crippen LogP contribution is 2.33. The summed E-state index contributed by atoms with van der Waals surface area (Å²) in [6.07, 6.45) is -3.21. The standard InChI is InChI=1S/C17H10F3NO3/c18-17(19,20)12-4-6-13(7-5-12)24-14-3-1-2-10-8-11(16(22)23)9-21-15(10)14/h1-9H,(H,22,23). The summed E-state index contributed by atoms with van der Waals surface area (Å²) < 4.78 is 43.3. The minimum atomic E-state index is -4.41. The minimum absolute atomic E-state index is 0.0363. The lowest BCUT2D eigenvalue weighted by Crippen LogP contribution is -2.04. The van der Waals surface area contributed by atoms with Gasteiger partial charge in [-0.3, -0.25) is 4.98 Å². The number of carboxylic acids is 1. The number of halogens is 3. The summed E-state index contributed by atoms with van der Waals surface area (Å²) in [6.45, 7) is 0. The molecular weight excluding hydrogens is 323 g/mol. The molecule has 0 bridgehead atoms. The van der Waals surface area contributed by atoms with E-state index in [1.807, 2.05) is 0 Å². The van der Waals surface area contributed by atoms with Crippen molar-refractivity contribution in [2.24, 2.45) is 0 Å². The summed E-state index contributed by atoms with van der Waals surface area (Å²) in [6, 6.07) is 10.7. The molecule has 0 spiro atoms. The van der Waals surface area contributed by atoms with E-state index in [0.29, 0.717) is 16.7 Å². The Bertz CT molecular complexity index is 905. The van der Waals surface area contributed by atoms with Crippen molar-refractivity contribution in [2.75, 3.05) is 0 Å². The first-order valence-electron chi connectivity index (χ1n) is 6.82. The number of aromatic carboxylic acids is 1. The molecule has 122 valence electrons. The SMILES string of the molecule is O=C(O)c1cnc2c(Oc3ccc(C(F)(F)F)cc3)cccc2c1. The molecular formula is C17H10F3NO3. The Labute approximate surface area is 134 Å². The third-order valence-electron chi connectivity index (χ3n) is 3.33. The van der Waals surface area contributed by atoms with Gasteiger partial charge in [0.15, 0.2) is 5.75 Å². The van der Waals surface area contributed by atoms with E-state index in [4.69, 9.17) is 9.84 Å². The van der Waals surface area contributed by atoms with E-state index < -0.39 is 17.7 Å². The van der Waals surface area contributed by atoms with Crippen LogP contribution < -0.4 is 4.74 Å². The number of aromatic nitrogens is 1. The summed E-state index contributed by atoms with van der Waals surface area (Å²) in [5.41, 5.74) is -0.312. The average molecular weight is 333 g/mol. The second-order valence-electron chi connectivity index (χ2n) is 4.98. The molecule has 0 aliphatic rings. The molecule has 0 amide bonds. The van der Waals surface area contributed by atoms with Gasteiger partial charge in [0.25, 0.3) is 0 Å². The van der Waals surface area contributed by atoms with Crippen molar-refractivity contribution in [1.29, 1.82) is 0 Å². The highest BCUT2D eigenvalue weighted by molar-refractivity contribution is 5.94. The van der Waals surface area contributed by atoms with Crippen LogP contribution in [0.5, 0.6) is 11.5 Å². The number of carboxylic acid groups (broad SMARTS) is 1. The van der Waals surface area contributed by atoms with Gasteiger partial charge in [-0.1, -0.05) is 12.1 Å². The Hall–Kier alpha value is -3.09. The van der Waals surface area contributed by atoms with Gasteiger partial charge in [-0.25, -0.2) is 4.79 Å². The van der Waals surface area contributed by atoms with Gasteiger partial charge in [0.05, 0.1) is 11.1 Å². The van der Waals surface area contributed by atoms with Gasteiger partial charge < -0.3 is 9.84 Å². The quantitative estimate of drug-likeness (QED) is 0.752. The Kier molecular flexibility index (Phi) is 3.84. The third-order valence-corrected chi connectivity index (χ3v) is 3.33. The number of hydrogen-bond donors (Lipinski definition) is 1. The first-order chi connectivity index (χ1) is 11.3. The number of rotatable bonds is 3. The van der Waals surface area contributed by atoms with E-state index >= 15 is 0 Å². The number of benzene rings is 2. The Balaban J connectivity index is 1.94. The maximum atomic E-state index is 12.6. The molecule has 0 atom stereocenters. The van der Waals surface area contributed by atoms with Crippen molar-refractivity contribution in [1.82, 2.24) is 4.98 Å². The molecule has 0 unspecified atom stereocenters. The predicted octanol–water partition coefficient (Wildman–Crippen LogP) is 4.74. The van der Waals surface area contributed by atoms with Gasteiger partial charge in [-0.05, 0) is 36.4 Å². The molecule has 0 radical (unpaired) electrons. The fourth-order valence-corrected chi connectivity index (χ4v) is 2.17. The Morgan fingerprint density at radius 3 is 2.42 bits per heavy atom. The number of pyridine rings is 1. The molecule has 0 fully saturated rings. The van der Waals surface area contributed by atoms with Crippen molar-refractivity contribution in [3.05, 3.63) is 65.9 Å². The van der Waals surface area contributed by atoms with E-state index in [2.05, 4.69) is 4.98 Å². The fraction of sp³-hybridized carbons (Fsp3) is 0.0588. The number of hydrogen-bond acceptors (Lipinski definition) is 3. The minimum Gasteiger partial charge on any atom is -0.478 e. The molecule has 24 heavy (non-hydrogen) atoms. The number of alkyl halides is 3. The maximum absolute atomic E-state index is 12.6. The van der Waals surface area contributed by atoms with Gasteiger partial charge in [-0.2, -0.15) is 13.2 Å². The van der Waals surface area contributed by atoms with Crippen molar-refractivity contribution < 1.29 is 27.8 Å². The zero-order valence-corrected chi connectivity index (χ0v) is 12.0. The van der Waals surface area contributed by atoms with Crippen LogP contribution in [0.4, 0.5) is 13.2 Å². The van der Waals surface area contributed by atoms with Gasteiger partial charge >= 0.3 is 12.1 Å². The van der Waals surface area contributed by atoms with Gasteiger partial charge in [0.1, 0.15) is 11.3 Å². The normalized spacial score (nSPS) is 11.5. The summed E-state index contributed by atoms with van der Waals surface area (Å²) in [4.78, 5) is 15.0. The largest absolute Gasteiger partial charge is 0.478 e. The number of nitrogens with zero attached hydrogens (tertiary/aromatic N) is 1. The lowest BCUT2D eigenvalue weighted by atomic mass is 10.1. The van der Waals surface area contributed by atoms with E-state index in [1.165, 1.54) is 24.4 Å². The first-order valence-corrected chi connectivity index (χ1v) is 6.82. The second kappa shape index (κ2) is 5.84. The van der Waals surface area contributed by atoms with Crippen LogP contribution in [0, 0.1) is 0 Å². The Morgan fingerprint density at radius 2 is 1.79 bits per heavy atom. The van der Waals surface area contributed by atoms with Gasteiger partial charge in [0.2, 0.25) is 0 Å². The number of fused-ring (bicyclic) bond motifs is 1. The van der Waals surface area contributed by atoms with E-state index in [-0.39, 0.29) is 11.3 Å². The van der Waals surface area contributed by atoms with Crippen LogP contribution in [0.3, 0.4) is 0 Å². The van der Waals surface area contributed by atoms with E-state index in [0.717, 1.165) is 12.1 Å². The van der Waals surface area contributed by atoms with Crippen LogP contribution in [0.15, 0.2) is 54.7 Å². The lowest BCUT2D eigenvalue weighted by molar-refractivity contribution is -0.137. The topological polar surface area (TPSA) is 59.4 Å². The summed E-state index contributed by atoms with van der Waals surface area (Å²) >= 11 is 0. The zero-order chi connectivity index (χ0) is 17.3. The maximum Gasteiger partial charge on any atom is 0.416 e. The fourth-order valence-electron chi connectivity index (χ4n) is 2.17. The van der Waals surface area contributed by atoms with E-state index in [9.17, 15) is 18.0 Å². The molecule has 2 aromatic carbocycles. The van der Waals surface area contributed by atoms with E-state index in [1.54, 1.807) is 18.2 Å². The summed E-state index contributed by atoms with van der Waals surface area (Å²) in [5.74, 6) is -0.553. The molecule has 0 aliphatic carbocycles. The number of ether oxygens (including phenoxy) is 1. The van der Waals surface area contributed by atoms with Crippen LogP contribution in [0.2, 0.25) is 0 Å². The third kappa shape index (κ3) is 3.15. The van der Waals surface area contributed by atoms with Gasteiger partial charge in [0, 0.05) is 11.6 Å². The van der Waals surface area contributed by atoms with Crippen LogP contribution in [0.1, 0.15) is 15.9 Å². The van der Waals surface area contributed by atoms with Crippen LogP contribution in [0.25, 0.3) is 10.9 Å². The molecule has 1 aromatic heterocycles. The smallest absolute Gasteiger partial charge is 0.416 e. The molecule has 0 aliphatic heterocycles. The number of carbonyl (C=O) groups is 1. The van der Waals surface area contributed by atoms with Crippen LogP contribution in [-0.4, -0.2) is 16.1 Å². The highest BCUT2D eigenvalue weighted by Gasteiger charge is 2.30. The average Bonchev–Trinajstić information content (AvgIpc) is 2.54. The van der Waals surface area contributed by atoms with Crippen molar-refractivity contribution >= 4 is 16.9 Å². The molecule has 3 rings (SSSR count). The van der Waals surface area contributed by atoms with Gasteiger partial charge in [-0.15, -0.1) is 0 Å². The molecule has 1 heterocycles. The predicted molar refractivity (Wildman–Crippen MR) is 80.2 cm³/mol.